The van der Waals surface area contributed by atoms with Gasteiger partial charge in [-0.05, 0) is 19.9 Å². The minimum absolute atomic E-state index is 0.133. The summed E-state index contributed by atoms with van der Waals surface area (Å²) in [6.07, 6.45) is 3.07. The molecule has 0 radical (unpaired) electrons. The highest BCUT2D eigenvalue weighted by Crippen LogP contribution is 2.14. The van der Waals surface area contributed by atoms with E-state index < -0.39 is 5.91 Å². The van der Waals surface area contributed by atoms with Gasteiger partial charge in [0.25, 0.3) is 5.91 Å². The molecule has 0 fully saturated rings. The highest BCUT2D eigenvalue weighted by atomic mass is 16.3. The van der Waals surface area contributed by atoms with Crippen molar-refractivity contribution >= 4 is 17.7 Å². The topological polar surface area (TPSA) is 134 Å². The Morgan fingerprint density at radius 2 is 2.12 bits per heavy atom. The van der Waals surface area contributed by atoms with Crippen molar-refractivity contribution in [3.8, 4) is 0 Å². The summed E-state index contributed by atoms with van der Waals surface area (Å²) in [5.74, 6) is -0.729. The van der Waals surface area contributed by atoms with Gasteiger partial charge >= 0.3 is 0 Å². The van der Waals surface area contributed by atoms with Crippen LogP contribution in [0.3, 0.4) is 0 Å². The van der Waals surface area contributed by atoms with Gasteiger partial charge in [-0.15, -0.1) is 0 Å². The Morgan fingerprint density at radius 1 is 1.35 bits per heavy atom. The number of hydrogen-bond acceptors (Lipinski definition) is 5. The molecule has 140 valence electrons. The van der Waals surface area contributed by atoms with Gasteiger partial charge in [-0.2, -0.15) is 5.10 Å². The third-order valence-corrected chi connectivity index (χ3v) is 3.97. The van der Waals surface area contributed by atoms with Crippen LogP contribution < -0.4 is 11.1 Å². The van der Waals surface area contributed by atoms with Crippen LogP contribution in [0.4, 0.5) is 0 Å². The number of primary amides is 1. The fourth-order valence-corrected chi connectivity index (χ4v) is 2.52. The number of hydrogen-bond donors (Lipinski definition) is 3. The predicted octanol–water partition coefficient (Wildman–Crippen LogP) is 0.160. The van der Waals surface area contributed by atoms with E-state index in [1.54, 1.807) is 11.1 Å². The second-order valence-corrected chi connectivity index (χ2v) is 5.83. The Bertz CT molecular complexity index is 780. The van der Waals surface area contributed by atoms with Gasteiger partial charge in [-0.3, -0.25) is 19.5 Å². The molecule has 2 heterocycles. The van der Waals surface area contributed by atoms with E-state index in [1.165, 1.54) is 12.3 Å². The second kappa shape index (κ2) is 8.84. The quantitative estimate of drug-likeness (QED) is 0.585. The van der Waals surface area contributed by atoms with Gasteiger partial charge in [-0.1, -0.05) is 0 Å². The van der Waals surface area contributed by atoms with Crippen molar-refractivity contribution in [1.82, 2.24) is 20.4 Å². The van der Waals surface area contributed by atoms with E-state index in [1.807, 2.05) is 13.8 Å². The zero-order chi connectivity index (χ0) is 19.1. The Labute approximate surface area is 150 Å². The van der Waals surface area contributed by atoms with E-state index in [0.29, 0.717) is 25.2 Å². The van der Waals surface area contributed by atoms with Crippen molar-refractivity contribution < 1.29 is 18.8 Å². The first-order valence-corrected chi connectivity index (χ1v) is 8.31. The maximum atomic E-state index is 12.6. The molecule has 3 amide bonds. The van der Waals surface area contributed by atoms with E-state index >= 15 is 0 Å². The number of nitrogens with two attached hydrogens (primary N) is 1. The lowest BCUT2D eigenvalue weighted by Gasteiger charge is -2.21. The lowest BCUT2D eigenvalue weighted by molar-refractivity contribution is -0.120. The summed E-state index contributed by atoms with van der Waals surface area (Å²) in [7, 11) is 0. The maximum absolute atomic E-state index is 12.6. The van der Waals surface area contributed by atoms with Crippen LogP contribution in [-0.4, -0.2) is 52.5 Å². The lowest BCUT2D eigenvalue weighted by Crippen LogP contribution is -2.39. The Morgan fingerprint density at radius 3 is 2.73 bits per heavy atom. The first-order chi connectivity index (χ1) is 12.4. The summed E-state index contributed by atoms with van der Waals surface area (Å²) in [5.41, 5.74) is 7.16. The molecule has 9 heteroatoms. The van der Waals surface area contributed by atoms with Crippen LogP contribution in [0.1, 0.15) is 34.3 Å². The molecule has 0 aliphatic heterocycles. The number of aromatic nitrogens is 2. The molecule has 0 bridgehead atoms. The van der Waals surface area contributed by atoms with Crippen molar-refractivity contribution in [3.63, 3.8) is 0 Å². The number of aromatic amines is 1. The van der Waals surface area contributed by atoms with Gasteiger partial charge in [0.2, 0.25) is 11.8 Å². The van der Waals surface area contributed by atoms with Gasteiger partial charge < -0.3 is 20.4 Å². The van der Waals surface area contributed by atoms with E-state index in [0.717, 1.165) is 11.3 Å². The molecule has 0 aliphatic carbocycles. The summed E-state index contributed by atoms with van der Waals surface area (Å²) < 4.78 is 5.18. The molecule has 0 saturated carbocycles. The van der Waals surface area contributed by atoms with E-state index in [9.17, 15) is 14.4 Å². The highest BCUT2D eigenvalue weighted by molar-refractivity contribution is 5.96. The van der Waals surface area contributed by atoms with Crippen molar-refractivity contribution in [2.75, 3.05) is 19.6 Å². The van der Waals surface area contributed by atoms with E-state index in [4.69, 9.17) is 10.2 Å². The molecule has 0 unspecified atom stereocenters. The van der Waals surface area contributed by atoms with Gasteiger partial charge in [0.1, 0.15) is 5.76 Å². The van der Waals surface area contributed by atoms with E-state index in [2.05, 4.69) is 15.5 Å². The van der Waals surface area contributed by atoms with Crippen LogP contribution in [0.25, 0.3) is 0 Å². The summed E-state index contributed by atoms with van der Waals surface area (Å²) in [6, 6.07) is 1.52. The average Bonchev–Trinajstić information content (AvgIpc) is 3.20. The number of furan rings is 1. The number of aryl methyl sites for hydroxylation is 1. The number of likely N-dealkylation sites (N-methyl/N-ethyl adjacent to an activating group) is 1. The number of rotatable bonds is 9. The molecule has 0 saturated heterocycles. The molecular weight excluding hydrogens is 338 g/mol. The van der Waals surface area contributed by atoms with Crippen LogP contribution in [-0.2, 0) is 22.4 Å². The third kappa shape index (κ3) is 4.95. The predicted molar refractivity (Wildman–Crippen MR) is 93.2 cm³/mol. The molecule has 0 aliphatic rings. The third-order valence-electron chi connectivity index (χ3n) is 3.97. The molecule has 2 aromatic heterocycles. The van der Waals surface area contributed by atoms with Crippen LogP contribution in [0, 0.1) is 6.92 Å². The summed E-state index contributed by atoms with van der Waals surface area (Å²) in [4.78, 5) is 37.2. The SMILES string of the molecule is CCN(CCNC(=O)Cc1cn[nH]c1C)C(=O)c1ccoc1CC(N)=O. The molecule has 2 aromatic rings. The minimum atomic E-state index is -0.571. The molecule has 2 rings (SSSR count). The number of H-pyrrole nitrogens is 1. The number of nitrogens with one attached hydrogen (secondary N) is 2. The number of carbonyl (C=O) groups excluding carboxylic acids is 3. The second-order valence-electron chi connectivity index (χ2n) is 5.83. The number of nitrogens with zero attached hydrogens (tertiary/aromatic N) is 2. The van der Waals surface area contributed by atoms with E-state index in [-0.39, 0.29) is 30.4 Å². The molecule has 0 spiro atoms. The molecule has 9 nitrogen and oxygen atoms in total. The number of amides is 3. The van der Waals surface area contributed by atoms with Crippen LogP contribution >= 0.6 is 0 Å². The standard InChI is InChI=1S/C17H23N5O4/c1-3-22(17(25)13-4-7-26-14(13)9-15(18)23)6-5-19-16(24)8-12-10-20-21-11(12)2/h4,7,10H,3,5-6,8-9H2,1-2H3,(H2,18,23)(H,19,24)(H,20,21). The first-order valence-electron chi connectivity index (χ1n) is 8.31. The van der Waals surface area contributed by atoms with Gasteiger partial charge in [-0.25, -0.2) is 0 Å². The van der Waals surface area contributed by atoms with Gasteiger partial charge in [0.05, 0.1) is 30.9 Å². The average molecular weight is 361 g/mol. The lowest BCUT2D eigenvalue weighted by atomic mass is 10.1. The summed E-state index contributed by atoms with van der Waals surface area (Å²) in [6.45, 7) is 4.80. The van der Waals surface area contributed by atoms with Crippen molar-refractivity contribution in [1.29, 1.82) is 0 Å². The van der Waals surface area contributed by atoms with Crippen molar-refractivity contribution in [2.45, 2.75) is 26.7 Å². The Hall–Kier alpha value is -3.10. The first kappa shape index (κ1) is 19.2. The summed E-state index contributed by atoms with van der Waals surface area (Å²) in [5, 5.41) is 9.45. The number of carbonyl (C=O) groups is 3. The fraction of sp³-hybridized carbons (Fsp3) is 0.412. The Balaban J connectivity index is 1.88. The molecular formula is C17H23N5O4. The molecule has 4 N–H and O–H groups in total. The molecule has 26 heavy (non-hydrogen) atoms. The van der Waals surface area contributed by atoms with Crippen LogP contribution in [0.2, 0.25) is 0 Å². The Kier molecular flexibility index (Phi) is 6.54. The normalized spacial score (nSPS) is 10.5. The summed E-state index contributed by atoms with van der Waals surface area (Å²) >= 11 is 0. The van der Waals surface area contributed by atoms with Gasteiger partial charge in [0.15, 0.2) is 0 Å². The van der Waals surface area contributed by atoms with Gasteiger partial charge in [0, 0.05) is 30.9 Å². The largest absolute Gasteiger partial charge is 0.468 e. The monoisotopic (exact) mass is 361 g/mol. The maximum Gasteiger partial charge on any atom is 0.257 e. The highest BCUT2D eigenvalue weighted by Gasteiger charge is 2.21. The fourth-order valence-electron chi connectivity index (χ4n) is 2.52. The zero-order valence-electron chi connectivity index (χ0n) is 14.9. The molecule has 0 aromatic carbocycles. The van der Waals surface area contributed by atoms with Crippen molar-refractivity contribution in [3.05, 3.63) is 41.1 Å². The minimum Gasteiger partial charge on any atom is -0.468 e. The van der Waals surface area contributed by atoms with Crippen LogP contribution in [0.15, 0.2) is 22.9 Å². The smallest absolute Gasteiger partial charge is 0.257 e. The van der Waals surface area contributed by atoms with Crippen molar-refractivity contribution in [2.24, 2.45) is 5.73 Å². The zero-order valence-corrected chi connectivity index (χ0v) is 14.9. The molecule has 0 atom stereocenters. The van der Waals surface area contributed by atoms with Crippen LogP contribution in [0.5, 0.6) is 0 Å².